The summed E-state index contributed by atoms with van der Waals surface area (Å²) in [7, 11) is 0. The fraction of sp³-hybridized carbons (Fsp3) is 0.300. The molecule has 0 amide bonds. The molecule has 0 saturated carbocycles. The zero-order valence-electron chi connectivity index (χ0n) is 21.6. The molecule has 4 aliphatic rings. The van der Waals surface area contributed by atoms with E-state index in [4.69, 9.17) is 28.7 Å². The van der Waals surface area contributed by atoms with Crippen molar-refractivity contribution >= 4 is 16.9 Å². The molecule has 6 heterocycles. The van der Waals surface area contributed by atoms with Gasteiger partial charge in [-0.3, -0.25) is 4.79 Å². The molecule has 8 rings (SSSR count). The van der Waals surface area contributed by atoms with E-state index in [0.29, 0.717) is 52.5 Å². The van der Waals surface area contributed by atoms with Crippen molar-refractivity contribution < 1.29 is 33.6 Å². The monoisotopic (exact) mass is 540 g/mol. The maximum atomic E-state index is 13.7. The summed E-state index contributed by atoms with van der Waals surface area (Å²) >= 11 is 0. The Kier molecular flexibility index (Phi) is 4.79. The molecule has 40 heavy (non-hydrogen) atoms. The molecule has 2 aromatic carbocycles. The van der Waals surface area contributed by atoms with Crippen molar-refractivity contribution in [3.05, 3.63) is 74.6 Å². The van der Waals surface area contributed by atoms with Crippen LogP contribution in [0.2, 0.25) is 0 Å². The van der Waals surface area contributed by atoms with Crippen LogP contribution in [-0.2, 0) is 41.1 Å². The number of nitrogens with zero attached hydrogens (tertiary/aromatic N) is 2. The highest BCUT2D eigenvalue weighted by Crippen LogP contribution is 2.43. The molecule has 1 N–H and O–H groups in total. The van der Waals surface area contributed by atoms with Gasteiger partial charge in [-0.05, 0) is 54.7 Å². The molecule has 2 aromatic heterocycles. The quantitative estimate of drug-likeness (QED) is 0.343. The summed E-state index contributed by atoms with van der Waals surface area (Å²) in [6, 6.07) is 11.5. The summed E-state index contributed by atoms with van der Waals surface area (Å²) < 4.78 is 29.2. The molecule has 0 bridgehead atoms. The number of carbonyl (C=O) groups excluding carboxylic acids is 1. The number of esters is 1. The third kappa shape index (κ3) is 3.16. The molecule has 4 aromatic rings. The van der Waals surface area contributed by atoms with Crippen LogP contribution in [0.25, 0.3) is 22.3 Å². The highest BCUT2D eigenvalue weighted by Gasteiger charge is 2.45. The van der Waals surface area contributed by atoms with E-state index in [2.05, 4.69) is 0 Å². The van der Waals surface area contributed by atoms with E-state index in [-0.39, 0.29) is 32.2 Å². The minimum Gasteiger partial charge on any atom is -0.458 e. The summed E-state index contributed by atoms with van der Waals surface area (Å²) in [5.74, 6) is 2.00. The molecule has 10 nitrogen and oxygen atoms in total. The predicted molar refractivity (Wildman–Crippen MR) is 141 cm³/mol. The molecule has 202 valence electrons. The van der Waals surface area contributed by atoms with Crippen molar-refractivity contribution in [2.45, 2.75) is 44.9 Å². The summed E-state index contributed by atoms with van der Waals surface area (Å²) in [5, 5.41) is 12.1. The molecular weight excluding hydrogens is 516 g/mol. The largest absolute Gasteiger partial charge is 0.458 e. The Hall–Kier alpha value is -4.57. The molecule has 0 saturated heterocycles. The van der Waals surface area contributed by atoms with Gasteiger partial charge in [0.2, 0.25) is 13.6 Å². The van der Waals surface area contributed by atoms with Crippen LogP contribution in [0.4, 0.5) is 0 Å². The van der Waals surface area contributed by atoms with Crippen LogP contribution in [0.3, 0.4) is 0 Å². The number of aryl methyl sites for hydroxylation is 2. The number of aromatic nitrogens is 2. The molecule has 4 aliphatic heterocycles. The highest BCUT2D eigenvalue weighted by atomic mass is 16.7. The van der Waals surface area contributed by atoms with Gasteiger partial charge in [0.1, 0.15) is 6.61 Å². The van der Waals surface area contributed by atoms with Gasteiger partial charge in [0.05, 0.1) is 29.0 Å². The molecule has 1 atom stereocenters. The van der Waals surface area contributed by atoms with Gasteiger partial charge in [0.25, 0.3) is 5.56 Å². The average molecular weight is 541 g/mol. The van der Waals surface area contributed by atoms with E-state index in [1.54, 1.807) is 17.6 Å². The number of ether oxygens (including phenoxy) is 5. The molecule has 0 aliphatic carbocycles. The topological polar surface area (TPSA) is 118 Å². The minimum atomic E-state index is -1.88. The SMILES string of the molecule is CC[C@@]1(O)C(=O)OCc2c1cc1n(c2=O)Cc2c-1nc1cc3c(cc1c2CCc1ccc2c(c1)OCO2)OCO3. The van der Waals surface area contributed by atoms with Crippen molar-refractivity contribution in [3.63, 3.8) is 0 Å². The molecular formula is C30H24N2O8. The number of aliphatic hydroxyl groups is 1. The number of fused-ring (bicyclic) bond motifs is 7. The molecule has 0 radical (unpaired) electrons. The Balaban J connectivity index is 1.30. The number of cyclic esters (lactones) is 1. The fourth-order valence-electron chi connectivity index (χ4n) is 6.20. The van der Waals surface area contributed by atoms with Crippen LogP contribution in [0, 0.1) is 0 Å². The first-order valence-electron chi connectivity index (χ1n) is 13.3. The van der Waals surface area contributed by atoms with E-state index < -0.39 is 11.6 Å². The van der Waals surface area contributed by atoms with Gasteiger partial charge in [0, 0.05) is 22.6 Å². The first kappa shape index (κ1) is 23.3. The van der Waals surface area contributed by atoms with Gasteiger partial charge in [0.15, 0.2) is 28.6 Å². The maximum Gasteiger partial charge on any atom is 0.343 e. The second-order valence-corrected chi connectivity index (χ2v) is 10.4. The first-order chi connectivity index (χ1) is 19.4. The molecule has 0 unspecified atom stereocenters. The smallest absolute Gasteiger partial charge is 0.343 e. The lowest BCUT2D eigenvalue weighted by Gasteiger charge is -2.31. The highest BCUT2D eigenvalue weighted by molar-refractivity contribution is 5.91. The Morgan fingerprint density at radius 3 is 2.45 bits per heavy atom. The number of hydrogen-bond donors (Lipinski definition) is 1. The van der Waals surface area contributed by atoms with Crippen molar-refractivity contribution in [2.24, 2.45) is 0 Å². The van der Waals surface area contributed by atoms with Crippen LogP contribution in [0.1, 0.15) is 41.2 Å². The van der Waals surface area contributed by atoms with Crippen molar-refractivity contribution in [1.29, 1.82) is 0 Å². The predicted octanol–water partition coefficient (Wildman–Crippen LogP) is 3.32. The lowest BCUT2D eigenvalue weighted by molar-refractivity contribution is -0.172. The maximum absolute atomic E-state index is 13.7. The Morgan fingerprint density at radius 2 is 1.65 bits per heavy atom. The number of carbonyl (C=O) groups is 1. The summed E-state index contributed by atoms with van der Waals surface area (Å²) in [6.45, 7) is 2.21. The standard InChI is InChI=1S/C30H24N2O8/c1-2-30(35)20-9-22-27-18(11-32(22)28(33)19(20)12-36-29(30)34)16(5-3-15-4-6-23-24(7-15)38-13-37-23)17-8-25-26(40-14-39-25)10-21(17)31-27/h4,6-10,35H,2-3,5,11-14H2,1H3/t30-/m0/s1. The van der Waals surface area contributed by atoms with Crippen molar-refractivity contribution in [2.75, 3.05) is 13.6 Å². The van der Waals surface area contributed by atoms with Crippen LogP contribution in [-0.4, -0.2) is 34.2 Å². The van der Waals surface area contributed by atoms with Crippen LogP contribution in [0.15, 0.2) is 41.2 Å². The van der Waals surface area contributed by atoms with Crippen LogP contribution >= 0.6 is 0 Å². The second-order valence-electron chi connectivity index (χ2n) is 10.4. The lowest BCUT2D eigenvalue weighted by atomic mass is 9.86. The molecule has 10 heteroatoms. The normalized spacial score (nSPS) is 19.4. The number of pyridine rings is 2. The average Bonchev–Trinajstić information content (AvgIpc) is 3.70. The summed E-state index contributed by atoms with van der Waals surface area (Å²) in [4.78, 5) is 31.3. The van der Waals surface area contributed by atoms with Gasteiger partial charge in [-0.25, -0.2) is 9.78 Å². The lowest BCUT2D eigenvalue weighted by Crippen LogP contribution is -2.44. The zero-order valence-corrected chi connectivity index (χ0v) is 21.6. The van der Waals surface area contributed by atoms with Crippen LogP contribution in [0.5, 0.6) is 23.0 Å². The number of rotatable bonds is 4. The second kappa shape index (κ2) is 8.22. The third-order valence-electron chi connectivity index (χ3n) is 8.40. The van der Waals surface area contributed by atoms with E-state index in [1.807, 2.05) is 30.3 Å². The third-order valence-corrected chi connectivity index (χ3v) is 8.40. The molecule has 0 fully saturated rings. The van der Waals surface area contributed by atoms with Gasteiger partial charge in [-0.1, -0.05) is 13.0 Å². The Labute approximate surface area is 227 Å². The fourth-order valence-corrected chi connectivity index (χ4v) is 6.20. The van der Waals surface area contributed by atoms with Crippen LogP contribution < -0.4 is 24.5 Å². The van der Waals surface area contributed by atoms with E-state index in [0.717, 1.165) is 40.0 Å². The van der Waals surface area contributed by atoms with Gasteiger partial charge in [-0.2, -0.15) is 0 Å². The van der Waals surface area contributed by atoms with Gasteiger partial charge >= 0.3 is 5.97 Å². The zero-order chi connectivity index (χ0) is 27.2. The van der Waals surface area contributed by atoms with Gasteiger partial charge in [-0.15, -0.1) is 0 Å². The first-order valence-corrected chi connectivity index (χ1v) is 13.3. The summed E-state index contributed by atoms with van der Waals surface area (Å²) in [5.41, 5.74) is 3.45. The Morgan fingerprint density at radius 1 is 0.900 bits per heavy atom. The van der Waals surface area contributed by atoms with E-state index >= 15 is 0 Å². The van der Waals surface area contributed by atoms with Crippen molar-refractivity contribution in [3.8, 4) is 34.4 Å². The van der Waals surface area contributed by atoms with E-state index in [1.165, 1.54) is 0 Å². The number of hydrogen-bond acceptors (Lipinski definition) is 9. The molecule has 0 spiro atoms. The minimum absolute atomic E-state index is 0.0873. The van der Waals surface area contributed by atoms with E-state index in [9.17, 15) is 14.7 Å². The van der Waals surface area contributed by atoms with Gasteiger partial charge < -0.3 is 33.4 Å². The Bertz CT molecular complexity index is 1840. The summed E-state index contributed by atoms with van der Waals surface area (Å²) in [6.07, 6.45) is 1.48. The number of benzene rings is 2. The van der Waals surface area contributed by atoms with Crippen molar-refractivity contribution in [1.82, 2.24) is 9.55 Å².